The van der Waals surface area contributed by atoms with Gasteiger partial charge in [-0.3, -0.25) is 14.6 Å². The second-order valence-corrected chi connectivity index (χ2v) is 9.61. The Morgan fingerprint density at radius 3 is 2.52 bits per heavy atom. The first-order valence-electron chi connectivity index (χ1n) is 12.1. The fraction of sp³-hybridized carbons (Fsp3) is 0.393. The van der Waals surface area contributed by atoms with Gasteiger partial charge in [0.05, 0.1) is 6.42 Å². The van der Waals surface area contributed by atoms with Gasteiger partial charge < -0.3 is 10.2 Å². The van der Waals surface area contributed by atoms with Crippen LogP contribution in [0.15, 0.2) is 67.0 Å². The van der Waals surface area contributed by atoms with Crippen LogP contribution >= 0.6 is 0 Å². The normalized spacial score (nSPS) is 18.9. The topological polar surface area (TPSA) is 62.3 Å². The molecule has 1 atom stereocenters. The first-order valence-corrected chi connectivity index (χ1v) is 12.1. The largest absolute Gasteiger partial charge is 0.356 e. The highest BCUT2D eigenvalue weighted by atomic mass is 16.2. The van der Waals surface area contributed by atoms with Crippen molar-refractivity contribution in [2.24, 2.45) is 11.3 Å². The molecular weight excluding hydrogens is 410 g/mol. The number of pyridine rings is 1. The Labute approximate surface area is 195 Å². The van der Waals surface area contributed by atoms with Crippen molar-refractivity contribution in [2.75, 3.05) is 19.6 Å². The van der Waals surface area contributed by atoms with Gasteiger partial charge in [-0.1, -0.05) is 42.5 Å². The van der Waals surface area contributed by atoms with Crippen molar-refractivity contribution in [3.05, 3.63) is 78.1 Å². The van der Waals surface area contributed by atoms with Crippen LogP contribution in [0.4, 0.5) is 0 Å². The lowest BCUT2D eigenvalue weighted by Crippen LogP contribution is -2.41. The van der Waals surface area contributed by atoms with Crippen LogP contribution in [-0.4, -0.2) is 41.3 Å². The van der Waals surface area contributed by atoms with E-state index < -0.39 is 0 Å². The molecule has 1 saturated carbocycles. The van der Waals surface area contributed by atoms with Crippen LogP contribution in [0.2, 0.25) is 0 Å². The summed E-state index contributed by atoms with van der Waals surface area (Å²) in [5.41, 5.74) is 2.44. The molecule has 2 heterocycles. The molecule has 5 rings (SSSR count). The van der Waals surface area contributed by atoms with Crippen LogP contribution in [0.25, 0.3) is 10.8 Å². The second kappa shape index (κ2) is 9.34. The van der Waals surface area contributed by atoms with E-state index in [2.05, 4.69) is 40.6 Å². The summed E-state index contributed by atoms with van der Waals surface area (Å²) in [5, 5.41) is 5.50. The Hall–Kier alpha value is -3.21. The first kappa shape index (κ1) is 21.6. The Bertz CT molecular complexity index is 1140. The van der Waals surface area contributed by atoms with Gasteiger partial charge in [-0.05, 0) is 71.6 Å². The summed E-state index contributed by atoms with van der Waals surface area (Å²) in [6.45, 7) is 2.24. The third-order valence-corrected chi connectivity index (χ3v) is 7.48. The number of hydrogen-bond donors (Lipinski definition) is 1. The number of carbonyl (C=O) groups is 2. The number of benzene rings is 2. The molecule has 5 heteroatoms. The third-order valence-electron chi connectivity index (χ3n) is 7.48. The maximum Gasteiger partial charge on any atom is 0.226 e. The number of likely N-dealkylation sites (tertiary alicyclic amines) is 1. The molecule has 3 aromatic rings. The monoisotopic (exact) mass is 441 g/mol. The zero-order valence-corrected chi connectivity index (χ0v) is 19.0. The minimum atomic E-state index is 0.120. The van der Waals surface area contributed by atoms with E-state index in [-0.39, 0.29) is 23.1 Å². The number of aromatic nitrogens is 1. The Morgan fingerprint density at radius 2 is 1.73 bits per heavy atom. The van der Waals surface area contributed by atoms with Crippen LogP contribution in [0, 0.1) is 11.3 Å². The highest BCUT2D eigenvalue weighted by molar-refractivity contribution is 5.86. The molecule has 1 spiro atoms. The number of amides is 2. The summed E-state index contributed by atoms with van der Waals surface area (Å²) in [5.74, 6) is 0.509. The number of hydrogen-bond acceptors (Lipinski definition) is 3. The zero-order valence-electron chi connectivity index (χ0n) is 19.0. The molecule has 170 valence electrons. The number of carbonyl (C=O) groups excluding carboxylic acids is 2. The fourth-order valence-corrected chi connectivity index (χ4v) is 5.28. The second-order valence-electron chi connectivity index (χ2n) is 9.61. The molecule has 1 N–H and O–H groups in total. The molecule has 2 amide bonds. The van der Waals surface area contributed by atoms with Crippen molar-refractivity contribution in [3.8, 4) is 0 Å². The lowest BCUT2D eigenvalue weighted by Gasteiger charge is -2.33. The van der Waals surface area contributed by atoms with E-state index >= 15 is 0 Å². The van der Waals surface area contributed by atoms with Crippen LogP contribution in [-0.2, 0) is 22.4 Å². The number of nitrogens with one attached hydrogen (secondary N) is 1. The molecule has 2 fully saturated rings. The highest BCUT2D eigenvalue weighted by Gasteiger charge is 2.58. The molecule has 1 aliphatic heterocycles. The SMILES string of the molecule is O=C(NCCCc1ccncc1)[C@H]1CC12CCN(C(=O)Cc1ccc3ccccc3c1)CC2. The summed E-state index contributed by atoms with van der Waals surface area (Å²) < 4.78 is 0. The number of fused-ring (bicyclic) bond motifs is 1. The average Bonchev–Trinajstić information content (AvgIpc) is 3.55. The predicted molar refractivity (Wildman–Crippen MR) is 130 cm³/mol. The van der Waals surface area contributed by atoms with Crippen LogP contribution in [0.5, 0.6) is 0 Å². The summed E-state index contributed by atoms with van der Waals surface area (Å²) in [4.78, 5) is 31.6. The minimum absolute atomic E-state index is 0.120. The first-order chi connectivity index (χ1) is 16.1. The van der Waals surface area contributed by atoms with Crippen LogP contribution in [0.3, 0.4) is 0 Å². The molecule has 33 heavy (non-hydrogen) atoms. The van der Waals surface area contributed by atoms with Gasteiger partial charge in [0.25, 0.3) is 0 Å². The maximum atomic E-state index is 12.9. The summed E-state index contributed by atoms with van der Waals surface area (Å²) in [7, 11) is 0. The van der Waals surface area contributed by atoms with Gasteiger partial charge in [0, 0.05) is 37.9 Å². The molecule has 0 bridgehead atoms. The predicted octanol–water partition coefficient (Wildman–Crippen LogP) is 4.16. The van der Waals surface area contributed by atoms with Crippen molar-refractivity contribution in [2.45, 2.75) is 38.5 Å². The molecule has 0 radical (unpaired) electrons. The van der Waals surface area contributed by atoms with E-state index in [0.29, 0.717) is 13.0 Å². The lowest BCUT2D eigenvalue weighted by molar-refractivity contribution is -0.132. The number of rotatable bonds is 7. The molecule has 1 saturated heterocycles. The van der Waals surface area contributed by atoms with Gasteiger partial charge in [-0.2, -0.15) is 0 Å². The lowest BCUT2D eigenvalue weighted by atomic mass is 9.90. The van der Waals surface area contributed by atoms with Gasteiger partial charge in [0.1, 0.15) is 0 Å². The third kappa shape index (κ3) is 4.92. The summed E-state index contributed by atoms with van der Waals surface area (Å²) in [6, 6.07) is 18.6. The van der Waals surface area contributed by atoms with Crippen molar-refractivity contribution in [1.29, 1.82) is 0 Å². The standard InChI is InChI=1S/C28H31N3O2/c32-26(19-22-7-8-23-5-1-2-6-24(23)18-22)31-16-11-28(12-17-31)20-25(28)27(33)30-13-3-4-21-9-14-29-15-10-21/h1-2,5-10,14-15,18,25H,3-4,11-13,16-17,19-20H2,(H,30,33)/t25-/m1/s1. The van der Waals surface area contributed by atoms with E-state index in [1.807, 2.05) is 29.2 Å². The molecule has 1 aliphatic carbocycles. The fourth-order valence-electron chi connectivity index (χ4n) is 5.28. The van der Waals surface area contributed by atoms with E-state index in [0.717, 1.165) is 50.8 Å². The summed E-state index contributed by atoms with van der Waals surface area (Å²) >= 11 is 0. The van der Waals surface area contributed by atoms with Gasteiger partial charge in [-0.15, -0.1) is 0 Å². The molecule has 5 nitrogen and oxygen atoms in total. The molecular formula is C28H31N3O2. The van der Waals surface area contributed by atoms with Crippen molar-refractivity contribution in [1.82, 2.24) is 15.2 Å². The number of piperidine rings is 1. The molecule has 0 unspecified atom stereocenters. The Kier molecular flexibility index (Phi) is 6.12. The Morgan fingerprint density at radius 1 is 0.970 bits per heavy atom. The van der Waals surface area contributed by atoms with Crippen molar-refractivity contribution >= 4 is 22.6 Å². The van der Waals surface area contributed by atoms with Gasteiger partial charge in [0.2, 0.25) is 11.8 Å². The van der Waals surface area contributed by atoms with Crippen molar-refractivity contribution in [3.63, 3.8) is 0 Å². The van der Waals surface area contributed by atoms with E-state index in [4.69, 9.17) is 0 Å². The van der Waals surface area contributed by atoms with Crippen molar-refractivity contribution < 1.29 is 9.59 Å². The molecule has 1 aromatic heterocycles. The Balaban J connectivity index is 1.06. The highest BCUT2D eigenvalue weighted by Crippen LogP contribution is 2.59. The molecule has 2 aromatic carbocycles. The minimum Gasteiger partial charge on any atom is -0.356 e. The smallest absolute Gasteiger partial charge is 0.226 e. The number of aryl methyl sites for hydroxylation is 1. The average molecular weight is 442 g/mol. The quantitative estimate of drug-likeness (QED) is 0.560. The van der Waals surface area contributed by atoms with Gasteiger partial charge in [0.15, 0.2) is 0 Å². The summed E-state index contributed by atoms with van der Waals surface area (Å²) in [6.07, 6.45) is 8.78. The van der Waals surface area contributed by atoms with Crippen LogP contribution < -0.4 is 5.32 Å². The maximum absolute atomic E-state index is 12.9. The van der Waals surface area contributed by atoms with Gasteiger partial charge in [-0.25, -0.2) is 0 Å². The van der Waals surface area contributed by atoms with Gasteiger partial charge >= 0.3 is 0 Å². The number of nitrogens with zero attached hydrogens (tertiary/aromatic N) is 2. The molecule has 2 aliphatic rings. The van der Waals surface area contributed by atoms with E-state index in [1.165, 1.54) is 16.3 Å². The van der Waals surface area contributed by atoms with Crippen LogP contribution in [0.1, 0.15) is 36.8 Å². The zero-order chi connectivity index (χ0) is 22.7. The van der Waals surface area contributed by atoms with E-state index in [9.17, 15) is 9.59 Å². The van der Waals surface area contributed by atoms with E-state index in [1.54, 1.807) is 12.4 Å².